The van der Waals surface area contributed by atoms with Gasteiger partial charge in [0.2, 0.25) is 6.29 Å². The van der Waals surface area contributed by atoms with Gasteiger partial charge in [-0.05, 0) is 33.6 Å². The van der Waals surface area contributed by atoms with E-state index in [1.54, 1.807) is 4.90 Å². The fraction of sp³-hybridized carbons (Fsp3) is 0.769. The van der Waals surface area contributed by atoms with Gasteiger partial charge in [-0.3, -0.25) is 4.79 Å². The van der Waals surface area contributed by atoms with E-state index in [0.29, 0.717) is 19.4 Å². The quantitative estimate of drug-likeness (QED) is 0.558. The number of hydrogen-bond donors (Lipinski definition) is 0. The summed E-state index contributed by atoms with van der Waals surface area (Å²) in [5, 5.41) is 0. The maximum atomic E-state index is 11.9. The zero-order chi connectivity index (χ0) is 13.8. The molecule has 2 unspecified atom stereocenters. The molecule has 0 N–H and O–H groups in total. The van der Waals surface area contributed by atoms with Gasteiger partial charge in [0.25, 0.3) is 6.04 Å². The Morgan fingerprint density at radius 1 is 1.56 bits per heavy atom. The summed E-state index contributed by atoms with van der Waals surface area (Å²) in [6, 6.07) is -0.643. The smallest absolute Gasteiger partial charge is 0.410 e. The van der Waals surface area contributed by atoms with Gasteiger partial charge in [0, 0.05) is 13.1 Å². The second-order valence-corrected chi connectivity index (χ2v) is 5.58. The molecule has 1 aliphatic heterocycles. The molecule has 0 saturated carbocycles. The van der Waals surface area contributed by atoms with Gasteiger partial charge in [-0.1, -0.05) is 0 Å². The first-order valence-corrected chi connectivity index (χ1v) is 6.17. The Morgan fingerprint density at radius 3 is 2.72 bits per heavy atom. The van der Waals surface area contributed by atoms with Gasteiger partial charge in [-0.2, -0.15) is 0 Å². The Labute approximate surface area is 108 Å². The Balaban J connectivity index is 2.61. The molecule has 1 fully saturated rings. The van der Waals surface area contributed by atoms with Crippen LogP contribution in [0.4, 0.5) is 4.79 Å². The predicted molar refractivity (Wildman–Crippen MR) is 67.0 cm³/mol. The second kappa shape index (κ2) is 5.85. The number of hydrogen-bond acceptors (Lipinski definition) is 3. The molecule has 5 nitrogen and oxygen atoms in total. The largest absolute Gasteiger partial charge is 0.444 e. The van der Waals surface area contributed by atoms with Gasteiger partial charge >= 0.3 is 6.09 Å². The lowest BCUT2D eigenvalue weighted by molar-refractivity contribution is -0.109. The number of aldehydes is 1. The van der Waals surface area contributed by atoms with Gasteiger partial charge in [-0.25, -0.2) is 11.4 Å². The summed E-state index contributed by atoms with van der Waals surface area (Å²) in [5.41, 5.74) is -0.520. The Kier molecular flexibility index (Phi) is 4.71. The van der Waals surface area contributed by atoms with Crippen molar-refractivity contribution in [1.82, 2.24) is 4.90 Å². The van der Waals surface area contributed by atoms with Crippen molar-refractivity contribution in [2.24, 2.45) is 5.92 Å². The van der Waals surface area contributed by atoms with Crippen LogP contribution in [0.5, 0.6) is 0 Å². The van der Waals surface area contributed by atoms with E-state index >= 15 is 0 Å². The number of nitrogens with zero attached hydrogens (tertiary/aromatic N) is 2. The average Bonchev–Trinajstić information content (AvgIpc) is 2.29. The summed E-state index contributed by atoms with van der Waals surface area (Å²) in [4.78, 5) is 27.6. The van der Waals surface area contributed by atoms with Crippen LogP contribution < -0.4 is 0 Å². The summed E-state index contributed by atoms with van der Waals surface area (Å²) in [6.07, 6.45) is 1.94. The van der Waals surface area contributed by atoms with Crippen LogP contribution in [-0.2, 0) is 9.53 Å². The maximum absolute atomic E-state index is 11.9. The third-order valence-electron chi connectivity index (χ3n) is 2.88. The minimum absolute atomic E-state index is 0.0683. The Bertz CT molecular complexity index is 354. The van der Waals surface area contributed by atoms with Gasteiger partial charge in [0.1, 0.15) is 5.60 Å². The van der Waals surface area contributed by atoms with E-state index < -0.39 is 11.6 Å². The molecule has 1 saturated heterocycles. The number of piperidine rings is 1. The van der Waals surface area contributed by atoms with Gasteiger partial charge in [0.15, 0.2) is 0 Å². The molecule has 0 aliphatic carbocycles. The molecule has 100 valence electrons. The van der Waals surface area contributed by atoms with Crippen molar-refractivity contribution in [3.05, 3.63) is 11.4 Å². The van der Waals surface area contributed by atoms with Crippen LogP contribution >= 0.6 is 0 Å². The van der Waals surface area contributed by atoms with Gasteiger partial charge < -0.3 is 14.5 Å². The van der Waals surface area contributed by atoms with Crippen molar-refractivity contribution in [1.29, 1.82) is 0 Å². The molecule has 0 aromatic rings. The predicted octanol–water partition coefficient (Wildman–Crippen LogP) is 2.12. The van der Waals surface area contributed by atoms with Crippen molar-refractivity contribution in [2.75, 3.05) is 13.1 Å². The second-order valence-electron chi connectivity index (χ2n) is 5.58. The van der Waals surface area contributed by atoms with E-state index in [4.69, 9.17) is 11.3 Å². The molecule has 0 radical (unpaired) electrons. The van der Waals surface area contributed by atoms with Crippen LogP contribution in [0.1, 0.15) is 33.6 Å². The van der Waals surface area contributed by atoms with Gasteiger partial charge in [0.05, 0.1) is 5.92 Å². The molecule has 1 rings (SSSR count). The lowest BCUT2D eigenvalue weighted by Gasteiger charge is -2.33. The highest BCUT2D eigenvalue weighted by molar-refractivity contribution is 5.68. The van der Waals surface area contributed by atoms with E-state index in [9.17, 15) is 9.59 Å². The molecule has 1 amide bonds. The van der Waals surface area contributed by atoms with Crippen molar-refractivity contribution < 1.29 is 14.3 Å². The number of rotatable bonds is 2. The Morgan fingerprint density at radius 2 is 2.22 bits per heavy atom. The summed E-state index contributed by atoms with van der Waals surface area (Å²) < 4.78 is 5.29. The van der Waals surface area contributed by atoms with Crippen LogP contribution in [0.25, 0.3) is 4.85 Å². The van der Waals surface area contributed by atoms with Crippen LogP contribution in [0.3, 0.4) is 0 Å². The number of carbonyl (C=O) groups excluding carboxylic acids is 2. The van der Waals surface area contributed by atoms with E-state index in [2.05, 4.69) is 4.85 Å². The zero-order valence-electron chi connectivity index (χ0n) is 11.2. The van der Waals surface area contributed by atoms with E-state index in [-0.39, 0.29) is 12.0 Å². The first-order valence-electron chi connectivity index (χ1n) is 6.17. The molecular formula is C13H20N2O3. The lowest BCUT2D eigenvalue weighted by Crippen LogP contribution is -2.45. The monoisotopic (exact) mass is 252 g/mol. The third-order valence-corrected chi connectivity index (χ3v) is 2.88. The van der Waals surface area contributed by atoms with Gasteiger partial charge in [-0.15, -0.1) is 0 Å². The molecular weight excluding hydrogens is 232 g/mol. The molecule has 0 spiro atoms. The normalized spacial score (nSPS) is 21.9. The fourth-order valence-electron chi connectivity index (χ4n) is 2.03. The number of carbonyl (C=O) groups is 2. The van der Waals surface area contributed by atoms with Crippen molar-refractivity contribution >= 4 is 12.4 Å². The minimum atomic E-state index is -0.643. The zero-order valence-corrected chi connectivity index (χ0v) is 11.2. The number of amides is 1. The van der Waals surface area contributed by atoms with Crippen LogP contribution in [-0.4, -0.2) is 42.0 Å². The van der Waals surface area contributed by atoms with Crippen LogP contribution in [0.2, 0.25) is 0 Å². The van der Waals surface area contributed by atoms with E-state index in [1.165, 1.54) is 0 Å². The van der Waals surface area contributed by atoms with Crippen LogP contribution in [0.15, 0.2) is 0 Å². The standard InChI is InChI=1S/C13H20N2O3/c1-13(2,3)18-12(17)15-7-5-6-10(8-15)11(9-16)14-4/h9-11H,5-8H2,1-3H3. The summed E-state index contributed by atoms with van der Waals surface area (Å²) in [7, 11) is 0. The highest BCUT2D eigenvalue weighted by Gasteiger charge is 2.34. The Hall–Kier alpha value is -1.57. The van der Waals surface area contributed by atoms with Crippen molar-refractivity contribution in [3.63, 3.8) is 0 Å². The number of likely N-dealkylation sites (tertiary alicyclic amines) is 1. The lowest BCUT2D eigenvalue weighted by atomic mass is 9.92. The van der Waals surface area contributed by atoms with Crippen LogP contribution in [0, 0.1) is 12.5 Å². The highest BCUT2D eigenvalue weighted by atomic mass is 16.6. The molecule has 2 atom stereocenters. The third kappa shape index (κ3) is 4.02. The number of ether oxygens (including phenoxy) is 1. The first kappa shape index (κ1) is 14.5. The molecule has 18 heavy (non-hydrogen) atoms. The minimum Gasteiger partial charge on any atom is -0.444 e. The SMILES string of the molecule is [C-]#[N+]C(C=O)C1CCCN(C(=O)OC(C)(C)C)C1. The molecule has 0 aromatic carbocycles. The van der Waals surface area contributed by atoms with Crippen molar-refractivity contribution in [3.8, 4) is 0 Å². The highest BCUT2D eigenvalue weighted by Crippen LogP contribution is 2.22. The summed E-state index contributed by atoms with van der Waals surface area (Å²) >= 11 is 0. The van der Waals surface area contributed by atoms with E-state index in [0.717, 1.165) is 12.8 Å². The van der Waals surface area contributed by atoms with Crippen molar-refractivity contribution in [2.45, 2.75) is 45.3 Å². The average molecular weight is 252 g/mol. The summed E-state index contributed by atoms with van der Waals surface area (Å²) in [5.74, 6) is -0.0683. The maximum Gasteiger partial charge on any atom is 0.410 e. The molecule has 5 heteroatoms. The molecule has 0 aromatic heterocycles. The first-order chi connectivity index (χ1) is 8.37. The fourth-order valence-corrected chi connectivity index (χ4v) is 2.03. The molecule has 0 bridgehead atoms. The topological polar surface area (TPSA) is 51.0 Å². The van der Waals surface area contributed by atoms with E-state index in [1.807, 2.05) is 20.8 Å². The molecule has 1 heterocycles. The molecule has 1 aliphatic rings. The summed E-state index contributed by atoms with van der Waals surface area (Å²) in [6.45, 7) is 13.5.